The molecule has 2 aromatic rings. The van der Waals surface area contributed by atoms with E-state index in [4.69, 9.17) is 9.47 Å². The summed E-state index contributed by atoms with van der Waals surface area (Å²) in [7, 11) is 1.38. The highest BCUT2D eigenvalue weighted by molar-refractivity contribution is 5.76. The quantitative estimate of drug-likeness (QED) is 0.607. The van der Waals surface area contributed by atoms with E-state index in [1.54, 1.807) is 6.07 Å². The number of hydrogen-bond donors (Lipinski definition) is 1. The molecule has 1 saturated heterocycles. The number of ether oxygens (including phenoxy) is 2. The number of halogens is 5. The molecule has 2 amide bonds. The zero-order valence-electron chi connectivity index (χ0n) is 17.7. The van der Waals surface area contributed by atoms with Gasteiger partial charge in [0.25, 0.3) is 5.92 Å². The minimum atomic E-state index is -4.50. The third-order valence-electron chi connectivity index (χ3n) is 5.14. The number of imidazole rings is 1. The van der Waals surface area contributed by atoms with Gasteiger partial charge >= 0.3 is 12.2 Å². The van der Waals surface area contributed by atoms with Crippen LogP contribution in [-0.2, 0) is 15.9 Å². The van der Waals surface area contributed by atoms with Gasteiger partial charge < -0.3 is 19.7 Å². The summed E-state index contributed by atoms with van der Waals surface area (Å²) in [6.07, 6.45) is -1.45. The molecule has 0 spiro atoms. The van der Waals surface area contributed by atoms with Crippen LogP contribution in [0.25, 0.3) is 5.65 Å². The third kappa shape index (κ3) is 5.26. The number of alkyl halides is 5. The van der Waals surface area contributed by atoms with Gasteiger partial charge in [-0.15, -0.1) is 0 Å². The van der Waals surface area contributed by atoms with Crippen molar-refractivity contribution in [3.8, 4) is 0 Å². The largest absolute Gasteiger partial charge is 0.416 e. The molecule has 1 aliphatic rings. The molecule has 13 heteroatoms. The second kappa shape index (κ2) is 8.77. The summed E-state index contributed by atoms with van der Waals surface area (Å²) >= 11 is 0. The average Bonchev–Trinajstić information content (AvgIpc) is 3.09. The normalized spacial score (nSPS) is 18.1. The Labute approximate surface area is 180 Å². The van der Waals surface area contributed by atoms with Crippen LogP contribution < -0.4 is 5.32 Å². The zero-order valence-corrected chi connectivity index (χ0v) is 17.7. The van der Waals surface area contributed by atoms with Crippen molar-refractivity contribution in [1.29, 1.82) is 0 Å². The number of urea groups is 1. The Hall–Kier alpha value is -2.54. The molecular weight excluding hydrogens is 441 g/mol. The minimum Gasteiger partial charge on any atom is -0.382 e. The van der Waals surface area contributed by atoms with E-state index in [0.717, 1.165) is 18.7 Å². The van der Waals surface area contributed by atoms with Gasteiger partial charge in [-0.2, -0.15) is 18.3 Å². The van der Waals surface area contributed by atoms with E-state index in [-0.39, 0.29) is 19.6 Å². The predicted molar refractivity (Wildman–Crippen MR) is 102 cm³/mol. The molecule has 1 N–H and O–H groups in total. The fourth-order valence-electron chi connectivity index (χ4n) is 3.20. The highest BCUT2D eigenvalue weighted by atomic mass is 19.4. The van der Waals surface area contributed by atoms with Crippen molar-refractivity contribution >= 4 is 11.7 Å². The SMILES string of the molecule is COC[C@H](c1cnn2cc(CCOC(C)(C)C(F)(F)F)nc2c1)N1CC(F)(F)CNC1=O. The van der Waals surface area contributed by atoms with Crippen molar-refractivity contribution < 1.29 is 36.2 Å². The number of carbonyl (C=O) groups excluding carboxylic acids is 1. The van der Waals surface area contributed by atoms with Gasteiger partial charge in [-0.25, -0.2) is 23.1 Å². The Kier molecular flexibility index (Phi) is 6.61. The molecule has 0 saturated carbocycles. The van der Waals surface area contributed by atoms with E-state index in [1.165, 1.54) is 24.0 Å². The van der Waals surface area contributed by atoms with Crippen LogP contribution in [-0.4, -0.2) is 76.6 Å². The standard InChI is InChI=1S/C19H24F5N5O3/c1-17(2,19(22,23)24)32-5-4-13-8-29-15(27-13)6-12(7-26-29)14(9-31-3)28-11-18(20,21)10-25-16(28)30/h6-8,14H,4-5,9-11H2,1-3H3,(H,25,30)/t14-/m1/s1. The van der Waals surface area contributed by atoms with Crippen LogP contribution in [0.2, 0.25) is 0 Å². The van der Waals surface area contributed by atoms with Crippen molar-refractivity contribution in [3.05, 3.63) is 29.7 Å². The van der Waals surface area contributed by atoms with Gasteiger partial charge in [0.05, 0.1) is 50.4 Å². The number of rotatable bonds is 8. The lowest BCUT2D eigenvalue weighted by atomic mass is 10.1. The molecule has 178 valence electrons. The molecule has 1 atom stereocenters. The first-order chi connectivity index (χ1) is 14.8. The molecular formula is C19H24F5N5O3. The Balaban J connectivity index is 1.77. The van der Waals surface area contributed by atoms with E-state index in [0.29, 0.717) is 16.9 Å². The van der Waals surface area contributed by atoms with Crippen LogP contribution in [0.3, 0.4) is 0 Å². The summed E-state index contributed by atoms with van der Waals surface area (Å²) < 4.78 is 77.9. The molecule has 2 aromatic heterocycles. The molecule has 0 unspecified atom stereocenters. The number of fused-ring (bicyclic) bond motifs is 1. The molecule has 1 fully saturated rings. The first-order valence-electron chi connectivity index (χ1n) is 9.79. The van der Waals surface area contributed by atoms with E-state index >= 15 is 0 Å². The smallest absolute Gasteiger partial charge is 0.382 e. The number of nitrogens with zero attached hydrogens (tertiary/aromatic N) is 4. The van der Waals surface area contributed by atoms with Crippen LogP contribution in [0.5, 0.6) is 0 Å². The van der Waals surface area contributed by atoms with Crippen molar-refractivity contribution in [2.45, 2.75) is 44.0 Å². The van der Waals surface area contributed by atoms with E-state index in [2.05, 4.69) is 15.4 Å². The highest BCUT2D eigenvalue weighted by Gasteiger charge is 2.48. The first-order valence-corrected chi connectivity index (χ1v) is 9.79. The van der Waals surface area contributed by atoms with Gasteiger partial charge in [-0.1, -0.05) is 0 Å². The van der Waals surface area contributed by atoms with Gasteiger partial charge in [0.1, 0.15) is 0 Å². The number of methoxy groups -OCH3 is 1. The summed E-state index contributed by atoms with van der Waals surface area (Å²) in [4.78, 5) is 17.5. The van der Waals surface area contributed by atoms with Gasteiger partial charge in [0, 0.05) is 19.1 Å². The number of carbonyl (C=O) groups is 1. The maximum absolute atomic E-state index is 13.9. The third-order valence-corrected chi connectivity index (χ3v) is 5.14. The second-order valence-corrected chi connectivity index (χ2v) is 8.04. The van der Waals surface area contributed by atoms with E-state index < -0.39 is 42.9 Å². The summed E-state index contributed by atoms with van der Waals surface area (Å²) in [5.41, 5.74) is -1.07. The summed E-state index contributed by atoms with van der Waals surface area (Å²) in [6, 6.07) is 0.0897. The zero-order chi connectivity index (χ0) is 23.7. The molecule has 0 aliphatic carbocycles. The van der Waals surface area contributed by atoms with Crippen LogP contribution in [0.4, 0.5) is 26.7 Å². The predicted octanol–water partition coefficient (Wildman–Crippen LogP) is 2.98. The maximum Gasteiger partial charge on any atom is 0.416 e. The number of amides is 2. The van der Waals surface area contributed by atoms with E-state index in [1.807, 2.05) is 0 Å². The van der Waals surface area contributed by atoms with Crippen LogP contribution >= 0.6 is 0 Å². The molecule has 0 radical (unpaired) electrons. The van der Waals surface area contributed by atoms with Crippen LogP contribution in [0, 0.1) is 0 Å². The lowest BCUT2D eigenvalue weighted by molar-refractivity contribution is -0.263. The molecule has 3 heterocycles. The molecule has 8 nitrogen and oxygen atoms in total. The Morgan fingerprint density at radius 1 is 1.31 bits per heavy atom. The van der Waals surface area contributed by atoms with Crippen molar-refractivity contribution in [1.82, 2.24) is 24.8 Å². The minimum absolute atomic E-state index is 0.0463. The van der Waals surface area contributed by atoms with Crippen LogP contribution in [0.15, 0.2) is 18.5 Å². The summed E-state index contributed by atoms with van der Waals surface area (Å²) in [6.45, 7) is 0.121. The molecule has 0 bridgehead atoms. The Morgan fingerprint density at radius 3 is 2.69 bits per heavy atom. The van der Waals surface area contributed by atoms with Crippen molar-refractivity contribution in [3.63, 3.8) is 0 Å². The molecule has 32 heavy (non-hydrogen) atoms. The van der Waals surface area contributed by atoms with Crippen molar-refractivity contribution in [2.75, 3.05) is 33.4 Å². The monoisotopic (exact) mass is 465 g/mol. The van der Waals surface area contributed by atoms with Crippen LogP contribution in [0.1, 0.15) is 31.1 Å². The molecule has 3 rings (SSSR count). The summed E-state index contributed by atoms with van der Waals surface area (Å²) in [5.74, 6) is -3.10. The number of nitrogens with one attached hydrogen (secondary N) is 1. The highest BCUT2D eigenvalue weighted by Crippen LogP contribution is 2.33. The van der Waals surface area contributed by atoms with Gasteiger partial charge in [0.2, 0.25) is 0 Å². The second-order valence-electron chi connectivity index (χ2n) is 8.04. The fourth-order valence-corrected chi connectivity index (χ4v) is 3.20. The Bertz CT molecular complexity index is 962. The Morgan fingerprint density at radius 2 is 2.03 bits per heavy atom. The topological polar surface area (TPSA) is 81.0 Å². The maximum atomic E-state index is 13.9. The molecule has 1 aliphatic heterocycles. The van der Waals surface area contributed by atoms with Gasteiger partial charge in [-0.3, -0.25) is 0 Å². The van der Waals surface area contributed by atoms with Gasteiger partial charge in [-0.05, 0) is 19.9 Å². The van der Waals surface area contributed by atoms with E-state index in [9.17, 15) is 26.7 Å². The van der Waals surface area contributed by atoms with Crippen molar-refractivity contribution in [2.24, 2.45) is 0 Å². The number of aromatic nitrogens is 3. The molecule has 0 aromatic carbocycles. The number of hydrogen-bond acceptors (Lipinski definition) is 5. The first kappa shape index (κ1) is 24.1. The summed E-state index contributed by atoms with van der Waals surface area (Å²) in [5, 5.41) is 6.35. The lowest BCUT2D eigenvalue weighted by Gasteiger charge is -2.38. The fraction of sp³-hybridized carbons (Fsp3) is 0.632. The lowest BCUT2D eigenvalue weighted by Crippen LogP contribution is -2.58. The average molecular weight is 465 g/mol. The van der Waals surface area contributed by atoms with Gasteiger partial charge in [0.15, 0.2) is 11.2 Å².